The Hall–Kier alpha value is -2.02. The van der Waals surface area contributed by atoms with Crippen molar-refractivity contribution in [3.05, 3.63) is 59.7 Å². The molecule has 0 unspecified atom stereocenters. The smallest absolute Gasteiger partial charge is 0.0488 e. The lowest BCUT2D eigenvalue weighted by atomic mass is 10.0. The molecule has 0 amide bonds. The van der Waals surface area contributed by atoms with E-state index in [2.05, 4.69) is 60.1 Å². The molecule has 1 nitrogen and oxygen atoms in total. The van der Waals surface area contributed by atoms with Crippen molar-refractivity contribution in [1.82, 2.24) is 4.57 Å². The van der Waals surface area contributed by atoms with Crippen LogP contribution >= 0.6 is 0 Å². The second-order valence-electron chi connectivity index (χ2n) is 5.48. The van der Waals surface area contributed by atoms with Crippen LogP contribution in [0.25, 0.3) is 22.2 Å². The molecular weight excluding hydrogens is 230 g/mol. The molecule has 1 heterocycles. The highest BCUT2D eigenvalue weighted by Crippen LogP contribution is 2.31. The van der Waals surface area contributed by atoms with Crippen LogP contribution < -0.4 is 0 Å². The molecule has 4 rings (SSSR count). The molecule has 94 valence electrons. The van der Waals surface area contributed by atoms with Gasteiger partial charge >= 0.3 is 0 Å². The van der Waals surface area contributed by atoms with Crippen molar-refractivity contribution in [1.29, 1.82) is 0 Å². The summed E-state index contributed by atoms with van der Waals surface area (Å²) in [5.74, 6) is 0. The molecule has 1 aliphatic carbocycles. The van der Waals surface area contributed by atoms with Gasteiger partial charge in [-0.15, -0.1) is 0 Å². The second kappa shape index (κ2) is 3.99. The molecule has 3 aromatic rings. The van der Waals surface area contributed by atoms with Gasteiger partial charge in [0.25, 0.3) is 0 Å². The highest BCUT2D eigenvalue weighted by atomic mass is 14.9. The van der Waals surface area contributed by atoms with Crippen molar-refractivity contribution in [3.8, 4) is 11.3 Å². The van der Waals surface area contributed by atoms with E-state index in [0.717, 1.165) is 0 Å². The zero-order chi connectivity index (χ0) is 12.8. The van der Waals surface area contributed by atoms with Gasteiger partial charge in [-0.2, -0.15) is 0 Å². The van der Waals surface area contributed by atoms with Gasteiger partial charge in [-0.25, -0.2) is 0 Å². The van der Waals surface area contributed by atoms with Crippen LogP contribution in [-0.4, -0.2) is 4.57 Å². The van der Waals surface area contributed by atoms with E-state index in [0.29, 0.717) is 0 Å². The molecule has 0 atom stereocenters. The standard InChI is InChI=1S/C18H17N/c1-19-17-8-3-2-5-15(17)12-18(19)16-10-9-13-6-4-7-14(13)11-16/h2-3,5,8-12H,4,6-7H2,1H3. The molecule has 0 fully saturated rings. The van der Waals surface area contributed by atoms with Crippen molar-refractivity contribution in [3.63, 3.8) is 0 Å². The molecular formula is C18H17N. The van der Waals surface area contributed by atoms with Gasteiger partial charge in [-0.3, -0.25) is 0 Å². The molecule has 19 heavy (non-hydrogen) atoms. The van der Waals surface area contributed by atoms with Crippen molar-refractivity contribution in [2.75, 3.05) is 0 Å². The van der Waals surface area contributed by atoms with Crippen LogP contribution in [0.3, 0.4) is 0 Å². The number of aromatic nitrogens is 1. The zero-order valence-electron chi connectivity index (χ0n) is 11.2. The van der Waals surface area contributed by atoms with E-state index in [1.165, 1.54) is 41.4 Å². The van der Waals surface area contributed by atoms with Crippen molar-refractivity contribution in [2.45, 2.75) is 19.3 Å². The Morgan fingerprint density at radius 2 is 1.74 bits per heavy atom. The van der Waals surface area contributed by atoms with Crippen LogP contribution in [0.2, 0.25) is 0 Å². The van der Waals surface area contributed by atoms with Gasteiger partial charge in [0.2, 0.25) is 0 Å². The third-order valence-corrected chi connectivity index (χ3v) is 4.35. The summed E-state index contributed by atoms with van der Waals surface area (Å²) in [7, 11) is 2.16. The summed E-state index contributed by atoms with van der Waals surface area (Å²) in [6.07, 6.45) is 3.81. The lowest BCUT2D eigenvalue weighted by molar-refractivity contribution is 0.911. The molecule has 0 N–H and O–H groups in total. The van der Waals surface area contributed by atoms with E-state index < -0.39 is 0 Å². The third-order valence-electron chi connectivity index (χ3n) is 4.35. The third kappa shape index (κ3) is 1.61. The van der Waals surface area contributed by atoms with E-state index in [9.17, 15) is 0 Å². The summed E-state index contributed by atoms with van der Waals surface area (Å²) in [5.41, 5.74) is 7.05. The van der Waals surface area contributed by atoms with Crippen LogP contribution in [0.15, 0.2) is 48.5 Å². The summed E-state index contributed by atoms with van der Waals surface area (Å²) in [6.45, 7) is 0. The number of benzene rings is 2. The Bertz CT molecular complexity index is 764. The van der Waals surface area contributed by atoms with Crippen molar-refractivity contribution >= 4 is 10.9 Å². The Kier molecular flexibility index (Phi) is 2.28. The normalized spacial score (nSPS) is 13.9. The SMILES string of the molecule is Cn1c(-c2ccc3c(c2)CCC3)cc2ccccc21. The molecule has 2 aromatic carbocycles. The Labute approximate surface area is 113 Å². The summed E-state index contributed by atoms with van der Waals surface area (Å²) in [5, 5.41) is 1.32. The van der Waals surface area contributed by atoms with Crippen LogP contribution in [0, 0.1) is 0 Å². The highest BCUT2D eigenvalue weighted by Gasteiger charge is 2.13. The highest BCUT2D eigenvalue weighted by molar-refractivity contribution is 5.87. The topological polar surface area (TPSA) is 4.93 Å². The van der Waals surface area contributed by atoms with E-state index in [1.807, 2.05) is 0 Å². The summed E-state index contributed by atoms with van der Waals surface area (Å²) < 4.78 is 2.30. The molecule has 0 aliphatic heterocycles. The number of hydrogen-bond donors (Lipinski definition) is 0. The first-order chi connectivity index (χ1) is 9.33. The first-order valence-corrected chi connectivity index (χ1v) is 6.99. The largest absolute Gasteiger partial charge is 0.344 e. The van der Waals surface area contributed by atoms with E-state index >= 15 is 0 Å². The van der Waals surface area contributed by atoms with E-state index in [-0.39, 0.29) is 0 Å². The average molecular weight is 247 g/mol. The predicted molar refractivity (Wildman–Crippen MR) is 80.4 cm³/mol. The molecule has 0 spiro atoms. The van der Waals surface area contributed by atoms with Crippen LogP contribution in [0.5, 0.6) is 0 Å². The quantitative estimate of drug-likeness (QED) is 0.603. The summed E-state index contributed by atoms with van der Waals surface area (Å²) >= 11 is 0. The van der Waals surface area contributed by atoms with E-state index in [1.54, 1.807) is 11.1 Å². The average Bonchev–Trinajstić information content (AvgIpc) is 3.03. The van der Waals surface area contributed by atoms with Gasteiger partial charge in [0.05, 0.1) is 0 Å². The maximum Gasteiger partial charge on any atom is 0.0488 e. The lowest BCUT2D eigenvalue weighted by Gasteiger charge is -2.07. The maximum absolute atomic E-state index is 2.39. The zero-order valence-corrected chi connectivity index (χ0v) is 11.2. The molecule has 1 heteroatoms. The maximum atomic E-state index is 2.39. The van der Waals surface area contributed by atoms with Gasteiger partial charge < -0.3 is 4.57 Å². The minimum atomic E-state index is 1.24. The molecule has 0 saturated heterocycles. The number of para-hydroxylation sites is 1. The Morgan fingerprint density at radius 3 is 2.63 bits per heavy atom. The number of hydrogen-bond acceptors (Lipinski definition) is 0. The van der Waals surface area contributed by atoms with Crippen LogP contribution in [0.1, 0.15) is 17.5 Å². The fraction of sp³-hybridized carbons (Fsp3) is 0.222. The first-order valence-electron chi connectivity index (χ1n) is 6.99. The van der Waals surface area contributed by atoms with Gasteiger partial charge in [0, 0.05) is 23.6 Å². The number of aryl methyl sites for hydroxylation is 3. The number of fused-ring (bicyclic) bond motifs is 2. The predicted octanol–water partition coefficient (Wildman–Crippen LogP) is 4.33. The van der Waals surface area contributed by atoms with Crippen LogP contribution in [0.4, 0.5) is 0 Å². The Morgan fingerprint density at radius 1 is 0.895 bits per heavy atom. The fourth-order valence-corrected chi connectivity index (χ4v) is 3.30. The minimum absolute atomic E-state index is 1.24. The van der Waals surface area contributed by atoms with Crippen molar-refractivity contribution in [2.24, 2.45) is 7.05 Å². The van der Waals surface area contributed by atoms with Gasteiger partial charge in [-0.1, -0.05) is 30.3 Å². The first kappa shape index (κ1) is 10.9. The fourth-order valence-electron chi connectivity index (χ4n) is 3.30. The summed E-state index contributed by atoms with van der Waals surface area (Å²) in [6, 6.07) is 17.9. The van der Waals surface area contributed by atoms with Gasteiger partial charge in [-0.05, 0) is 54.2 Å². The van der Waals surface area contributed by atoms with Crippen LogP contribution in [-0.2, 0) is 19.9 Å². The Balaban J connectivity index is 1.92. The van der Waals surface area contributed by atoms with Gasteiger partial charge in [0.15, 0.2) is 0 Å². The number of rotatable bonds is 1. The number of nitrogens with zero attached hydrogens (tertiary/aromatic N) is 1. The lowest BCUT2D eigenvalue weighted by Crippen LogP contribution is -1.92. The monoisotopic (exact) mass is 247 g/mol. The molecule has 0 bridgehead atoms. The van der Waals surface area contributed by atoms with E-state index in [4.69, 9.17) is 0 Å². The van der Waals surface area contributed by atoms with Crippen molar-refractivity contribution < 1.29 is 0 Å². The molecule has 0 saturated carbocycles. The second-order valence-corrected chi connectivity index (χ2v) is 5.48. The molecule has 1 aromatic heterocycles. The minimum Gasteiger partial charge on any atom is -0.344 e. The molecule has 0 radical (unpaired) electrons. The molecule has 1 aliphatic rings. The summed E-state index contributed by atoms with van der Waals surface area (Å²) in [4.78, 5) is 0. The van der Waals surface area contributed by atoms with Gasteiger partial charge in [0.1, 0.15) is 0 Å².